The molecule has 3 N–H and O–H groups in total. The zero-order chi connectivity index (χ0) is 10.8. The summed E-state index contributed by atoms with van der Waals surface area (Å²) in [6.07, 6.45) is 2.95. The molecule has 2 aromatic rings. The summed E-state index contributed by atoms with van der Waals surface area (Å²) in [4.78, 5) is 13.7. The molecule has 0 radical (unpaired) electrons. The van der Waals surface area contributed by atoms with Crippen molar-refractivity contribution in [3.05, 3.63) is 41.1 Å². The number of fused-ring (bicyclic) bond motifs is 1. The number of carbonyl (C=O) groups excluding carboxylic acids is 1. The van der Waals surface area contributed by atoms with E-state index in [4.69, 9.17) is 17.3 Å². The van der Waals surface area contributed by atoms with Gasteiger partial charge in [-0.2, -0.15) is 0 Å². The second kappa shape index (κ2) is 3.79. The fourth-order valence-electron chi connectivity index (χ4n) is 1.39. The number of primary amides is 1. The highest BCUT2D eigenvalue weighted by Crippen LogP contribution is 2.20. The molecule has 1 aromatic carbocycles. The number of halogens is 1. The molecule has 0 saturated heterocycles. The van der Waals surface area contributed by atoms with Gasteiger partial charge in [0, 0.05) is 27.7 Å². The number of hydrogen-bond donors (Lipinski definition) is 2. The largest absolute Gasteiger partial charge is 0.366 e. The van der Waals surface area contributed by atoms with Gasteiger partial charge < -0.3 is 10.7 Å². The van der Waals surface area contributed by atoms with E-state index in [0.29, 0.717) is 5.02 Å². The average Bonchev–Trinajstić information content (AvgIpc) is 2.56. The van der Waals surface area contributed by atoms with Gasteiger partial charge in [0.15, 0.2) is 0 Å². The van der Waals surface area contributed by atoms with E-state index < -0.39 is 5.91 Å². The summed E-state index contributed by atoms with van der Waals surface area (Å²) in [5.41, 5.74) is 6.80. The third kappa shape index (κ3) is 2.19. The van der Waals surface area contributed by atoms with Gasteiger partial charge in [-0.15, -0.1) is 0 Å². The molecule has 4 heteroatoms. The summed E-state index contributed by atoms with van der Waals surface area (Å²) >= 11 is 5.85. The Hall–Kier alpha value is -1.74. The Labute approximate surface area is 91.5 Å². The smallest absolute Gasteiger partial charge is 0.241 e. The average molecular weight is 221 g/mol. The van der Waals surface area contributed by atoms with E-state index in [1.54, 1.807) is 6.08 Å². The molecule has 2 rings (SSSR count). The van der Waals surface area contributed by atoms with Crippen LogP contribution in [0.4, 0.5) is 0 Å². The Balaban J connectivity index is 2.43. The molecule has 1 heterocycles. The number of benzene rings is 1. The van der Waals surface area contributed by atoms with Crippen molar-refractivity contribution in [1.82, 2.24) is 4.98 Å². The molecule has 15 heavy (non-hydrogen) atoms. The zero-order valence-corrected chi connectivity index (χ0v) is 8.58. The molecular formula is C11H9ClN2O. The molecule has 0 unspecified atom stereocenters. The summed E-state index contributed by atoms with van der Waals surface area (Å²) in [5.74, 6) is -0.466. The minimum absolute atomic E-state index is 0.466. The van der Waals surface area contributed by atoms with Crippen molar-refractivity contribution in [1.29, 1.82) is 0 Å². The van der Waals surface area contributed by atoms with E-state index in [-0.39, 0.29) is 0 Å². The van der Waals surface area contributed by atoms with E-state index in [0.717, 1.165) is 16.6 Å². The zero-order valence-electron chi connectivity index (χ0n) is 7.83. The Kier molecular flexibility index (Phi) is 2.47. The number of nitrogens with one attached hydrogen (secondary N) is 1. The first-order valence-corrected chi connectivity index (χ1v) is 4.79. The Morgan fingerprint density at radius 3 is 2.93 bits per heavy atom. The molecule has 0 saturated carbocycles. The summed E-state index contributed by atoms with van der Waals surface area (Å²) in [7, 11) is 0. The molecule has 0 atom stereocenters. The van der Waals surface area contributed by atoms with Crippen LogP contribution in [0.3, 0.4) is 0 Å². The maximum atomic E-state index is 10.5. The minimum atomic E-state index is -0.466. The normalized spacial score (nSPS) is 11.3. The molecule has 0 aliphatic rings. The Morgan fingerprint density at radius 2 is 2.20 bits per heavy atom. The van der Waals surface area contributed by atoms with Gasteiger partial charge in [-0.3, -0.25) is 4.79 Å². The predicted octanol–water partition coefficient (Wildman–Crippen LogP) is 2.32. The monoisotopic (exact) mass is 220 g/mol. The van der Waals surface area contributed by atoms with Crippen LogP contribution < -0.4 is 5.73 Å². The summed E-state index contributed by atoms with van der Waals surface area (Å²) in [5, 5.41) is 1.69. The summed E-state index contributed by atoms with van der Waals surface area (Å²) in [6.45, 7) is 0. The lowest BCUT2D eigenvalue weighted by Crippen LogP contribution is -2.05. The molecule has 0 fully saturated rings. The van der Waals surface area contributed by atoms with Crippen LogP contribution in [0, 0.1) is 0 Å². The fraction of sp³-hybridized carbons (Fsp3) is 0. The SMILES string of the molecule is NC(=O)/C=C/c1cc2cc(Cl)ccc2[nH]1. The van der Waals surface area contributed by atoms with Gasteiger partial charge in [-0.05, 0) is 30.3 Å². The lowest BCUT2D eigenvalue weighted by Gasteiger charge is -1.88. The highest BCUT2D eigenvalue weighted by Gasteiger charge is 1.98. The van der Waals surface area contributed by atoms with Gasteiger partial charge in [-0.25, -0.2) is 0 Å². The topological polar surface area (TPSA) is 58.9 Å². The van der Waals surface area contributed by atoms with Crippen molar-refractivity contribution in [3.63, 3.8) is 0 Å². The van der Waals surface area contributed by atoms with E-state index >= 15 is 0 Å². The second-order valence-electron chi connectivity index (χ2n) is 3.19. The highest BCUT2D eigenvalue weighted by molar-refractivity contribution is 6.31. The number of amides is 1. The first-order valence-electron chi connectivity index (χ1n) is 4.41. The fourth-order valence-corrected chi connectivity index (χ4v) is 1.57. The van der Waals surface area contributed by atoms with Crippen molar-refractivity contribution in [3.8, 4) is 0 Å². The van der Waals surface area contributed by atoms with Gasteiger partial charge in [0.2, 0.25) is 5.91 Å². The molecule has 1 amide bonds. The molecule has 0 aliphatic heterocycles. The van der Waals surface area contributed by atoms with Crippen LogP contribution in [0.1, 0.15) is 5.69 Å². The Morgan fingerprint density at radius 1 is 1.40 bits per heavy atom. The van der Waals surface area contributed by atoms with Gasteiger partial charge >= 0.3 is 0 Å². The van der Waals surface area contributed by atoms with Gasteiger partial charge in [0.1, 0.15) is 0 Å². The van der Waals surface area contributed by atoms with Crippen LogP contribution in [0.15, 0.2) is 30.3 Å². The maximum absolute atomic E-state index is 10.5. The van der Waals surface area contributed by atoms with Gasteiger partial charge in [0.05, 0.1) is 0 Å². The molecule has 3 nitrogen and oxygen atoms in total. The third-order valence-corrected chi connectivity index (χ3v) is 2.27. The lowest BCUT2D eigenvalue weighted by molar-refractivity contribution is -0.113. The van der Waals surface area contributed by atoms with Crippen molar-refractivity contribution in [2.45, 2.75) is 0 Å². The van der Waals surface area contributed by atoms with Crippen LogP contribution in [-0.4, -0.2) is 10.9 Å². The number of rotatable bonds is 2. The molecule has 76 valence electrons. The quantitative estimate of drug-likeness (QED) is 0.750. The number of aromatic amines is 1. The molecular weight excluding hydrogens is 212 g/mol. The predicted molar refractivity (Wildman–Crippen MR) is 61.5 cm³/mol. The number of nitrogens with two attached hydrogens (primary N) is 1. The Bertz CT molecular complexity index is 543. The highest BCUT2D eigenvalue weighted by atomic mass is 35.5. The minimum Gasteiger partial charge on any atom is -0.366 e. The van der Waals surface area contributed by atoms with E-state index in [1.165, 1.54) is 6.08 Å². The third-order valence-electron chi connectivity index (χ3n) is 2.03. The van der Waals surface area contributed by atoms with Gasteiger partial charge in [-0.1, -0.05) is 11.6 Å². The maximum Gasteiger partial charge on any atom is 0.241 e. The van der Waals surface area contributed by atoms with Crippen molar-refractivity contribution < 1.29 is 4.79 Å². The first-order chi connectivity index (χ1) is 7.15. The van der Waals surface area contributed by atoms with E-state index in [2.05, 4.69) is 4.98 Å². The van der Waals surface area contributed by atoms with E-state index in [1.807, 2.05) is 24.3 Å². The van der Waals surface area contributed by atoms with Crippen molar-refractivity contribution in [2.24, 2.45) is 5.73 Å². The summed E-state index contributed by atoms with van der Waals surface area (Å²) < 4.78 is 0. The summed E-state index contributed by atoms with van der Waals surface area (Å²) in [6, 6.07) is 7.46. The van der Waals surface area contributed by atoms with Crippen molar-refractivity contribution in [2.75, 3.05) is 0 Å². The lowest BCUT2D eigenvalue weighted by atomic mass is 10.2. The first kappa shape index (κ1) is 9.80. The number of H-pyrrole nitrogens is 1. The second-order valence-corrected chi connectivity index (χ2v) is 3.63. The molecule has 1 aromatic heterocycles. The van der Waals surface area contributed by atoms with Crippen molar-refractivity contribution >= 4 is 34.5 Å². The molecule has 0 bridgehead atoms. The molecule has 0 spiro atoms. The van der Waals surface area contributed by atoms with Gasteiger partial charge in [0.25, 0.3) is 0 Å². The number of hydrogen-bond acceptors (Lipinski definition) is 1. The van der Waals surface area contributed by atoms with Crippen LogP contribution in [0.25, 0.3) is 17.0 Å². The molecule has 0 aliphatic carbocycles. The number of aromatic nitrogens is 1. The van der Waals surface area contributed by atoms with Crippen LogP contribution in [0.5, 0.6) is 0 Å². The standard InChI is InChI=1S/C11H9ClN2O/c12-8-1-3-10-7(5-8)6-9(14-10)2-4-11(13)15/h1-6,14H,(H2,13,15)/b4-2+. The van der Waals surface area contributed by atoms with E-state index in [9.17, 15) is 4.79 Å². The van der Waals surface area contributed by atoms with Crippen LogP contribution >= 0.6 is 11.6 Å². The number of carbonyl (C=O) groups is 1. The van der Waals surface area contributed by atoms with Crippen LogP contribution in [-0.2, 0) is 4.79 Å². The van der Waals surface area contributed by atoms with Crippen LogP contribution in [0.2, 0.25) is 5.02 Å².